The van der Waals surface area contributed by atoms with Crippen LogP contribution in [0.15, 0.2) is 12.1 Å². The zero-order chi connectivity index (χ0) is 12.3. The number of nitrogens with two attached hydrogens (primary N) is 1. The van der Waals surface area contributed by atoms with Gasteiger partial charge in [0.25, 0.3) is 0 Å². The fourth-order valence-electron chi connectivity index (χ4n) is 1.65. The average molecular weight is 244 g/mol. The van der Waals surface area contributed by atoms with Crippen molar-refractivity contribution in [2.24, 2.45) is 5.73 Å². The van der Waals surface area contributed by atoms with E-state index in [1.807, 2.05) is 13.8 Å². The third-order valence-electron chi connectivity index (χ3n) is 2.55. The third-order valence-corrected chi connectivity index (χ3v) is 2.77. The highest BCUT2D eigenvalue weighted by atomic mass is 35.5. The van der Waals surface area contributed by atoms with Crippen molar-refractivity contribution in [2.75, 3.05) is 6.54 Å². The van der Waals surface area contributed by atoms with Crippen LogP contribution in [0, 0.1) is 0 Å². The van der Waals surface area contributed by atoms with Crippen molar-refractivity contribution in [2.45, 2.75) is 32.3 Å². The zero-order valence-electron chi connectivity index (χ0n) is 9.57. The number of hydrogen-bond donors (Lipinski definition) is 3. The molecule has 1 rings (SSSR count). The molecule has 0 saturated carbocycles. The zero-order valence-corrected chi connectivity index (χ0v) is 10.3. The van der Waals surface area contributed by atoms with E-state index in [2.05, 4.69) is 0 Å². The van der Waals surface area contributed by atoms with E-state index in [0.717, 1.165) is 5.56 Å². The fraction of sp³-hybridized carbons (Fsp3) is 0.500. The molecule has 0 fully saturated rings. The molecule has 0 aliphatic carbocycles. The summed E-state index contributed by atoms with van der Waals surface area (Å²) in [6.07, 6.45) is -0.355. The maximum atomic E-state index is 10.0. The molecule has 90 valence electrons. The van der Waals surface area contributed by atoms with Crippen molar-refractivity contribution in [1.29, 1.82) is 0 Å². The van der Waals surface area contributed by atoms with Crippen LogP contribution in [0.4, 0.5) is 0 Å². The van der Waals surface area contributed by atoms with Crippen molar-refractivity contribution in [1.82, 2.24) is 0 Å². The molecule has 0 radical (unpaired) electrons. The van der Waals surface area contributed by atoms with Crippen LogP contribution in [-0.2, 0) is 0 Å². The number of phenols is 1. The Morgan fingerprint density at radius 1 is 1.31 bits per heavy atom. The first-order valence-electron chi connectivity index (χ1n) is 5.37. The Hall–Kier alpha value is -0.770. The highest BCUT2D eigenvalue weighted by molar-refractivity contribution is 6.30. The first-order chi connectivity index (χ1) is 7.47. The summed E-state index contributed by atoms with van der Waals surface area (Å²) in [5, 5.41) is 20.4. The second-order valence-corrected chi connectivity index (χ2v) is 4.62. The minimum Gasteiger partial charge on any atom is -0.507 e. The van der Waals surface area contributed by atoms with Gasteiger partial charge in [-0.1, -0.05) is 25.4 Å². The van der Waals surface area contributed by atoms with Crippen molar-refractivity contribution < 1.29 is 10.2 Å². The van der Waals surface area contributed by atoms with E-state index >= 15 is 0 Å². The molecular weight excluding hydrogens is 226 g/mol. The molecule has 0 amide bonds. The number of hydrogen-bond acceptors (Lipinski definition) is 3. The van der Waals surface area contributed by atoms with Gasteiger partial charge in [-0.05, 0) is 36.6 Å². The molecule has 0 bridgehead atoms. The van der Waals surface area contributed by atoms with E-state index in [4.69, 9.17) is 17.3 Å². The standard InChI is InChI=1S/C12H18ClNO2/c1-7(2)9-5-8(13)6-10(12(9)16)11(15)3-4-14/h5-7,11,15-16H,3-4,14H2,1-2H3. The van der Waals surface area contributed by atoms with Gasteiger partial charge in [-0.3, -0.25) is 0 Å². The smallest absolute Gasteiger partial charge is 0.124 e. The molecule has 1 aromatic carbocycles. The molecule has 0 aromatic heterocycles. The van der Waals surface area contributed by atoms with Gasteiger partial charge in [-0.15, -0.1) is 0 Å². The molecule has 16 heavy (non-hydrogen) atoms. The lowest BCUT2D eigenvalue weighted by molar-refractivity contribution is 0.166. The summed E-state index contributed by atoms with van der Waals surface area (Å²) in [4.78, 5) is 0. The van der Waals surface area contributed by atoms with Crippen molar-refractivity contribution in [3.8, 4) is 5.75 Å². The monoisotopic (exact) mass is 243 g/mol. The quantitative estimate of drug-likeness (QED) is 0.761. The van der Waals surface area contributed by atoms with E-state index in [1.54, 1.807) is 12.1 Å². The van der Waals surface area contributed by atoms with E-state index in [-0.39, 0.29) is 11.7 Å². The Morgan fingerprint density at radius 2 is 1.88 bits per heavy atom. The minimum atomic E-state index is -0.763. The van der Waals surface area contributed by atoms with Crippen molar-refractivity contribution in [3.05, 3.63) is 28.3 Å². The molecule has 1 aromatic rings. The number of benzene rings is 1. The van der Waals surface area contributed by atoms with Gasteiger partial charge in [0.15, 0.2) is 0 Å². The second-order valence-electron chi connectivity index (χ2n) is 4.18. The highest BCUT2D eigenvalue weighted by Crippen LogP contribution is 2.36. The number of halogens is 1. The number of aliphatic hydroxyl groups is 1. The molecule has 0 aliphatic rings. The lowest BCUT2D eigenvalue weighted by Gasteiger charge is -2.17. The Balaban J connectivity index is 3.18. The van der Waals surface area contributed by atoms with Gasteiger partial charge in [0, 0.05) is 10.6 Å². The van der Waals surface area contributed by atoms with Crippen LogP contribution in [0.5, 0.6) is 5.75 Å². The first kappa shape index (κ1) is 13.3. The van der Waals surface area contributed by atoms with Gasteiger partial charge in [0.05, 0.1) is 6.10 Å². The third kappa shape index (κ3) is 2.88. The summed E-state index contributed by atoms with van der Waals surface area (Å²) in [7, 11) is 0. The van der Waals surface area contributed by atoms with Crippen LogP contribution in [-0.4, -0.2) is 16.8 Å². The lowest BCUT2D eigenvalue weighted by Crippen LogP contribution is -2.07. The molecule has 1 atom stereocenters. The van der Waals surface area contributed by atoms with Gasteiger partial charge >= 0.3 is 0 Å². The van der Waals surface area contributed by atoms with Gasteiger partial charge in [-0.2, -0.15) is 0 Å². The summed E-state index contributed by atoms with van der Waals surface area (Å²) in [6, 6.07) is 3.31. The van der Waals surface area contributed by atoms with Crippen LogP contribution >= 0.6 is 11.6 Å². The highest BCUT2D eigenvalue weighted by Gasteiger charge is 2.17. The number of phenolic OH excluding ortho intramolecular Hbond substituents is 1. The van der Waals surface area contributed by atoms with Crippen LogP contribution < -0.4 is 5.73 Å². The molecule has 4 heteroatoms. The van der Waals surface area contributed by atoms with E-state index in [9.17, 15) is 10.2 Å². The van der Waals surface area contributed by atoms with Crippen molar-refractivity contribution in [3.63, 3.8) is 0 Å². The van der Waals surface area contributed by atoms with Gasteiger partial charge in [0.1, 0.15) is 5.75 Å². The van der Waals surface area contributed by atoms with Gasteiger partial charge in [-0.25, -0.2) is 0 Å². The van der Waals surface area contributed by atoms with E-state index in [0.29, 0.717) is 23.6 Å². The van der Waals surface area contributed by atoms with E-state index < -0.39 is 6.10 Å². The molecule has 0 spiro atoms. The Kier molecular flexibility index (Phi) is 4.59. The molecule has 3 nitrogen and oxygen atoms in total. The maximum absolute atomic E-state index is 10.0. The summed E-state index contributed by atoms with van der Waals surface area (Å²) in [5.74, 6) is 0.280. The first-order valence-corrected chi connectivity index (χ1v) is 5.75. The normalized spacial score (nSPS) is 13.1. The topological polar surface area (TPSA) is 66.5 Å². The molecular formula is C12H18ClNO2. The molecule has 4 N–H and O–H groups in total. The number of rotatable bonds is 4. The van der Waals surface area contributed by atoms with Crippen molar-refractivity contribution >= 4 is 11.6 Å². The number of aliphatic hydroxyl groups excluding tert-OH is 1. The maximum Gasteiger partial charge on any atom is 0.124 e. The minimum absolute atomic E-state index is 0.125. The molecule has 0 heterocycles. The summed E-state index contributed by atoms with van der Waals surface area (Å²) >= 11 is 5.96. The van der Waals surface area contributed by atoms with Crippen LogP contribution in [0.3, 0.4) is 0 Å². The predicted octanol–water partition coefficient (Wildman–Crippen LogP) is 2.55. The molecule has 0 saturated heterocycles. The Labute approximate surface area is 101 Å². The van der Waals surface area contributed by atoms with Crippen LogP contribution in [0.1, 0.15) is 43.4 Å². The summed E-state index contributed by atoms with van der Waals surface area (Å²) < 4.78 is 0. The van der Waals surface area contributed by atoms with Gasteiger partial charge in [0.2, 0.25) is 0 Å². The summed E-state index contributed by atoms with van der Waals surface area (Å²) in [5.41, 5.74) is 6.59. The summed E-state index contributed by atoms with van der Waals surface area (Å²) in [6.45, 7) is 4.29. The van der Waals surface area contributed by atoms with Gasteiger partial charge < -0.3 is 15.9 Å². The second kappa shape index (κ2) is 5.53. The van der Waals surface area contributed by atoms with E-state index in [1.165, 1.54) is 0 Å². The van der Waals surface area contributed by atoms with Crippen LogP contribution in [0.2, 0.25) is 5.02 Å². The van der Waals surface area contributed by atoms with Crippen LogP contribution in [0.25, 0.3) is 0 Å². The predicted molar refractivity (Wildman–Crippen MR) is 65.8 cm³/mol. The fourth-order valence-corrected chi connectivity index (χ4v) is 1.88. The largest absolute Gasteiger partial charge is 0.507 e. The SMILES string of the molecule is CC(C)c1cc(Cl)cc(C(O)CCN)c1O. The number of aromatic hydroxyl groups is 1. The average Bonchev–Trinajstić information content (AvgIpc) is 2.20. The lowest BCUT2D eigenvalue weighted by atomic mass is 9.96. The Bertz CT molecular complexity index is 366. The molecule has 0 aliphatic heterocycles. The Morgan fingerprint density at radius 3 is 2.38 bits per heavy atom. The molecule has 1 unspecified atom stereocenters.